The summed E-state index contributed by atoms with van der Waals surface area (Å²) >= 11 is 0. The Hall–Kier alpha value is -3.23. The van der Waals surface area contributed by atoms with Crippen molar-refractivity contribution >= 4 is 16.9 Å². The molecule has 5 N–H and O–H groups in total. The Kier molecular flexibility index (Phi) is 5.68. The highest BCUT2D eigenvalue weighted by molar-refractivity contribution is 5.87. The number of aromatic amines is 1. The van der Waals surface area contributed by atoms with Crippen molar-refractivity contribution in [3.63, 3.8) is 0 Å². The topological polar surface area (TPSA) is 110 Å². The van der Waals surface area contributed by atoms with Crippen molar-refractivity contribution < 1.29 is 19.7 Å². The van der Waals surface area contributed by atoms with Crippen LogP contribution in [0.2, 0.25) is 0 Å². The molecule has 5 aliphatic rings. The second-order valence-corrected chi connectivity index (χ2v) is 13.1. The van der Waals surface area contributed by atoms with E-state index < -0.39 is 11.0 Å². The lowest BCUT2D eigenvalue weighted by Gasteiger charge is -2.62. The first kappa shape index (κ1) is 25.5. The Morgan fingerprint density at radius 2 is 2.05 bits per heavy atom. The molecule has 3 aliphatic carbocycles. The smallest absolute Gasteiger partial charge is 0.314 e. The number of benzene rings is 2. The van der Waals surface area contributed by atoms with Crippen molar-refractivity contribution in [3.05, 3.63) is 58.3 Å². The minimum atomic E-state index is -0.993. The van der Waals surface area contributed by atoms with Gasteiger partial charge in [-0.1, -0.05) is 25.5 Å². The zero-order chi connectivity index (χ0) is 27.9. The molecule has 8 nitrogen and oxygen atoms in total. The molecule has 8 heteroatoms. The number of carbonyl (C=O) groups excluding carboxylic acids is 1. The number of amides is 2. The number of carbonyl (C=O) groups is 1. The molecule has 3 aromatic rings. The molecule has 1 saturated heterocycles. The zero-order valence-corrected chi connectivity index (χ0v) is 23.8. The van der Waals surface area contributed by atoms with Gasteiger partial charge in [0.15, 0.2) is 17.6 Å². The average Bonchev–Trinajstić information content (AvgIpc) is 3.60. The molecule has 1 aromatic heterocycles. The molecule has 4 atom stereocenters. The van der Waals surface area contributed by atoms with Gasteiger partial charge in [-0.3, -0.25) is 4.90 Å². The molecule has 0 radical (unpaired) electrons. The van der Waals surface area contributed by atoms with Gasteiger partial charge in [-0.15, -0.1) is 0 Å². The normalized spacial score (nSPS) is 29.1. The van der Waals surface area contributed by atoms with Crippen LogP contribution in [0.4, 0.5) is 4.79 Å². The van der Waals surface area contributed by atoms with E-state index >= 15 is 0 Å². The quantitative estimate of drug-likeness (QED) is 0.267. The van der Waals surface area contributed by atoms with Gasteiger partial charge in [0.1, 0.15) is 0 Å². The minimum Gasteiger partial charge on any atom is -0.504 e. The molecule has 2 aliphatic heterocycles. The third kappa shape index (κ3) is 3.62. The number of H-pyrrole nitrogens is 1. The Balaban J connectivity index is 1.16. The number of fused-ring (bicyclic) bond motifs is 4. The number of rotatable bonds is 8. The molecule has 3 heterocycles. The number of phenolic OH excluding ortho intramolecular Hbond substituents is 1. The van der Waals surface area contributed by atoms with E-state index in [9.17, 15) is 15.0 Å². The number of ether oxygens (including phenoxy) is 1. The maximum atomic E-state index is 13.0. The fourth-order valence-electron chi connectivity index (χ4n) is 8.59. The molecule has 1 spiro atoms. The minimum absolute atomic E-state index is 0.0163. The molecule has 41 heavy (non-hydrogen) atoms. The van der Waals surface area contributed by atoms with E-state index in [1.165, 1.54) is 18.4 Å². The number of likely N-dealkylation sites (tertiary alicyclic amines) is 1. The number of nitrogens with zero attached hydrogens (tertiary/aromatic N) is 1. The molecule has 8 rings (SSSR count). The van der Waals surface area contributed by atoms with Gasteiger partial charge in [0.05, 0.1) is 16.7 Å². The van der Waals surface area contributed by atoms with Crippen LogP contribution < -0.4 is 15.4 Å². The highest BCUT2D eigenvalue weighted by Gasteiger charge is 2.72. The van der Waals surface area contributed by atoms with Crippen LogP contribution in [-0.4, -0.2) is 63.9 Å². The second kappa shape index (κ2) is 9.13. The lowest BCUT2D eigenvalue weighted by atomic mass is 9.49. The van der Waals surface area contributed by atoms with Crippen molar-refractivity contribution in [2.75, 3.05) is 26.2 Å². The third-order valence-electron chi connectivity index (χ3n) is 10.7. The monoisotopic (exact) mass is 556 g/mol. The van der Waals surface area contributed by atoms with Gasteiger partial charge in [0, 0.05) is 48.6 Å². The average molecular weight is 557 g/mol. The number of hydrogen-bond acceptors (Lipinski definition) is 5. The standard InChI is InChI=1S/C33H40N4O4/c1-2-3-12-34-31(39)35-13-10-19-6-8-24-22(15-19)23-17-33(40)26-16-21-7-9-25(38)29-27(21)32(33,30(41-29)28(23)36-24)11-14-37(26)18-20-4-5-20/h6-9,15,20,26,30,36,38,40H,2-5,10-14,16-18H2,1H3,(H2,34,35,39)/t26-,30-,32-,33+/m0/s1. The van der Waals surface area contributed by atoms with Gasteiger partial charge in [-0.25, -0.2) is 4.79 Å². The van der Waals surface area contributed by atoms with Crippen LogP contribution in [0.1, 0.15) is 73.1 Å². The molecule has 0 unspecified atom stereocenters. The highest BCUT2D eigenvalue weighted by Crippen LogP contribution is 2.69. The first-order valence-electron chi connectivity index (χ1n) is 15.6. The number of unbranched alkanes of at least 4 members (excludes halogenated alkanes) is 1. The summed E-state index contributed by atoms with van der Waals surface area (Å²) in [4.78, 5) is 18.4. The number of hydrogen-bond donors (Lipinski definition) is 5. The lowest BCUT2D eigenvalue weighted by molar-refractivity contribution is -0.173. The summed E-state index contributed by atoms with van der Waals surface area (Å²) in [7, 11) is 0. The number of urea groups is 1. The summed E-state index contributed by atoms with van der Waals surface area (Å²) in [6.45, 7) is 5.36. The lowest BCUT2D eigenvalue weighted by Crippen LogP contribution is -2.74. The van der Waals surface area contributed by atoms with Crippen LogP contribution in [0, 0.1) is 5.92 Å². The molecule has 2 fully saturated rings. The van der Waals surface area contributed by atoms with Gasteiger partial charge in [-0.2, -0.15) is 0 Å². The Morgan fingerprint density at radius 3 is 2.88 bits per heavy atom. The maximum Gasteiger partial charge on any atom is 0.314 e. The molecule has 2 aromatic carbocycles. The Labute approximate surface area is 240 Å². The second-order valence-electron chi connectivity index (χ2n) is 13.1. The van der Waals surface area contributed by atoms with Gasteiger partial charge < -0.3 is 30.6 Å². The number of phenols is 1. The number of aliphatic hydroxyl groups is 1. The first-order valence-corrected chi connectivity index (χ1v) is 15.6. The third-order valence-corrected chi connectivity index (χ3v) is 10.7. The van der Waals surface area contributed by atoms with Gasteiger partial charge in [-0.05, 0) is 85.9 Å². The van der Waals surface area contributed by atoms with Gasteiger partial charge >= 0.3 is 6.03 Å². The number of aromatic nitrogens is 1. The van der Waals surface area contributed by atoms with Crippen molar-refractivity contribution in [1.29, 1.82) is 0 Å². The fraction of sp³-hybridized carbons (Fsp3) is 0.545. The number of piperidine rings is 1. The van der Waals surface area contributed by atoms with Crippen LogP contribution >= 0.6 is 0 Å². The molecule has 1 saturated carbocycles. The summed E-state index contributed by atoms with van der Waals surface area (Å²) in [5, 5.41) is 30.9. The molecule has 2 amide bonds. The molecule has 2 bridgehead atoms. The summed E-state index contributed by atoms with van der Waals surface area (Å²) in [6.07, 6.45) is 7.12. The summed E-state index contributed by atoms with van der Waals surface area (Å²) in [5.74, 6) is 1.48. The Morgan fingerprint density at radius 1 is 1.20 bits per heavy atom. The van der Waals surface area contributed by atoms with E-state index in [2.05, 4.69) is 51.7 Å². The van der Waals surface area contributed by atoms with Crippen LogP contribution in [0.25, 0.3) is 10.9 Å². The molecule has 216 valence electrons. The fourth-order valence-corrected chi connectivity index (χ4v) is 8.59. The number of aromatic hydroxyl groups is 1. The van der Waals surface area contributed by atoms with Crippen LogP contribution in [0.5, 0.6) is 11.5 Å². The van der Waals surface area contributed by atoms with Crippen molar-refractivity contribution in [2.45, 2.75) is 81.5 Å². The first-order chi connectivity index (χ1) is 19.9. The van der Waals surface area contributed by atoms with Crippen LogP contribution in [0.3, 0.4) is 0 Å². The molecular weight excluding hydrogens is 516 g/mol. The predicted molar refractivity (Wildman–Crippen MR) is 157 cm³/mol. The van der Waals surface area contributed by atoms with E-state index in [1.54, 1.807) is 6.07 Å². The van der Waals surface area contributed by atoms with Gasteiger partial charge in [0.25, 0.3) is 0 Å². The van der Waals surface area contributed by atoms with E-state index in [0.717, 1.165) is 84.4 Å². The largest absolute Gasteiger partial charge is 0.504 e. The highest BCUT2D eigenvalue weighted by atomic mass is 16.5. The maximum absolute atomic E-state index is 13.0. The van der Waals surface area contributed by atoms with E-state index in [-0.39, 0.29) is 23.9 Å². The molecular formula is C33H40N4O4. The van der Waals surface area contributed by atoms with Crippen LogP contribution in [0.15, 0.2) is 30.3 Å². The zero-order valence-electron chi connectivity index (χ0n) is 23.8. The van der Waals surface area contributed by atoms with Crippen molar-refractivity contribution in [3.8, 4) is 11.5 Å². The van der Waals surface area contributed by atoms with E-state index in [1.807, 2.05) is 0 Å². The van der Waals surface area contributed by atoms with E-state index in [4.69, 9.17) is 4.74 Å². The Bertz CT molecular complexity index is 1550. The van der Waals surface area contributed by atoms with Crippen LogP contribution in [-0.2, 0) is 24.7 Å². The predicted octanol–water partition coefficient (Wildman–Crippen LogP) is 4.21. The van der Waals surface area contributed by atoms with Crippen molar-refractivity contribution in [1.82, 2.24) is 20.5 Å². The van der Waals surface area contributed by atoms with Gasteiger partial charge in [0.2, 0.25) is 0 Å². The van der Waals surface area contributed by atoms with E-state index in [0.29, 0.717) is 25.3 Å². The SMILES string of the molecule is CCCCNC(=O)NCCc1ccc2[nH]c3c(c2c1)C[C@@]1(O)[C@@H]2Cc4ccc(O)c5c4[C@@]1(CCN2CC1CC1)[C@H]3O5. The summed E-state index contributed by atoms with van der Waals surface area (Å²) in [6, 6.07) is 10.2. The number of nitrogens with one attached hydrogen (secondary N) is 3. The summed E-state index contributed by atoms with van der Waals surface area (Å²) in [5.41, 5.74) is 5.03. The summed E-state index contributed by atoms with van der Waals surface area (Å²) < 4.78 is 6.71. The van der Waals surface area contributed by atoms with Crippen molar-refractivity contribution in [2.24, 2.45) is 5.92 Å².